The number of hydrogen-bond donors (Lipinski definition) is 0. The Bertz CT molecular complexity index is 601. The van der Waals surface area contributed by atoms with Gasteiger partial charge in [-0.25, -0.2) is 4.79 Å². The zero-order valence-corrected chi connectivity index (χ0v) is 16.4. The first-order valence-electron chi connectivity index (χ1n) is 9.43. The molecule has 1 aromatic carbocycles. The second-order valence-electron chi connectivity index (χ2n) is 6.90. The molecule has 0 aromatic heterocycles. The third-order valence-corrected chi connectivity index (χ3v) is 4.82. The number of anilines is 1. The van der Waals surface area contributed by atoms with E-state index in [1.165, 1.54) is 0 Å². The fourth-order valence-corrected chi connectivity index (χ4v) is 3.28. The number of carbonyl (C=O) groups excluding carboxylic acids is 2. The summed E-state index contributed by atoms with van der Waals surface area (Å²) in [5, 5.41) is 0. The number of nitrogens with zero attached hydrogens (tertiary/aromatic N) is 3. The summed E-state index contributed by atoms with van der Waals surface area (Å²) < 4.78 is 5.08. The number of ether oxygens (including phenoxy) is 1. The molecule has 26 heavy (non-hydrogen) atoms. The number of carbonyl (C=O) groups is 2. The lowest BCUT2D eigenvalue weighted by Gasteiger charge is -2.34. The van der Waals surface area contributed by atoms with Crippen LogP contribution in [0.2, 0.25) is 0 Å². The minimum Gasteiger partial charge on any atom is -0.450 e. The van der Waals surface area contributed by atoms with Crippen LogP contribution in [0.1, 0.15) is 32.3 Å². The predicted molar refractivity (Wildman–Crippen MR) is 103 cm³/mol. The molecule has 1 unspecified atom stereocenters. The van der Waals surface area contributed by atoms with E-state index in [1.807, 2.05) is 25.9 Å². The Labute approximate surface area is 156 Å². The first-order valence-corrected chi connectivity index (χ1v) is 9.43. The zero-order valence-electron chi connectivity index (χ0n) is 16.4. The Kier molecular flexibility index (Phi) is 7.30. The van der Waals surface area contributed by atoms with Gasteiger partial charge in [-0.3, -0.25) is 4.79 Å². The summed E-state index contributed by atoms with van der Waals surface area (Å²) in [6.07, 6.45) is 1.35. The fourth-order valence-electron chi connectivity index (χ4n) is 3.28. The van der Waals surface area contributed by atoms with E-state index in [0.29, 0.717) is 32.8 Å². The van der Waals surface area contributed by atoms with Crippen LogP contribution in [0.4, 0.5) is 10.5 Å². The average Bonchev–Trinajstić information content (AvgIpc) is 2.66. The van der Waals surface area contributed by atoms with Crippen molar-refractivity contribution in [3.8, 4) is 0 Å². The predicted octanol–water partition coefficient (Wildman–Crippen LogP) is 2.97. The molecule has 1 atom stereocenters. The summed E-state index contributed by atoms with van der Waals surface area (Å²) in [5.74, 6) is -0.0210. The maximum atomic E-state index is 13.0. The van der Waals surface area contributed by atoms with Crippen molar-refractivity contribution in [3.05, 3.63) is 29.8 Å². The molecular formula is C20H31N3O3. The van der Waals surface area contributed by atoms with Crippen LogP contribution >= 0.6 is 0 Å². The minimum absolute atomic E-state index is 0.123. The van der Waals surface area contributed by atoms with Crippen molar-refractivity contribution in [2.24, 2.45) is 5.92 Å². The van der Waals surface area contributed by atoms with Crippen molar-refractivity contribution in [1.29, 1.82) is 0 Å². The number of benzene rings is 1. The van der Waals surface area contributed by atoms with Crippen molar-refractivity contribution in [3.63, 3.8) is 0 Å². The summed E-state index contributed by atoms with van der Waals surface area (Å²) in [5.41, 5.74) is 2.25. The van der Waals surface area contributed by atoms with Gasteiger partial charge in [0.05, 0.1) is 12.5 Å². The summed E-state index contributed by atoms with van der Waals surface area (Å²) in [6, 6.07) is 8.27. The molecule has 0 spiro atoms. The Morgan fingerprint density at radius 3 is 2.46 bits per heavy atom. The van der Waals surface area contributed by atoms with Gasteiger partial charge in [-0.05, 0) is 44.4 Å². The number of amides is 2. The Balaban J connectivity index is 1.99. The Morgan fingerprint density at radius 2 is 1.88 bits per heavy atom. The molecule has 1 aliphatic heterocycles. The van der Waals surface area contributed by atoms with Crippen molar-refractivity contribution in [2.75, 3.05) is 45.2 Å². The zero-order chi connectivity index (χ0) is 19.1. The molecule has 6 heteroatoms. The molecule has 0 radical (unpaired) electrons. The van der Waals surface area contributed by atoms with Gasteiger partial charge in [0.15, 0.2) is 0 Å². The molecule has 1 aliphatic rings. The van der Waals surface area contributed by atoms with E-state index in [2.05, 4.69) is 29.2 Å². The van der Waals surface area contributed by atoms with Crippen molar-refractivity contribution in [1.82, 2.24) is 9.80 Å². The molecule has 1 fully saturated rings. The summed E-state index contributed by atoms with van der Waals surface area (Å²) in [4.78, 5) is 30.5. The fraction of sp³-hybridized carbons (Fsp3) is 0.600. The molecule has 0 N–H and O–H groups in total. The molecule has 0 saturated carbocycles. The molecule has 0 aliphatic carbocycles. The lowest BCUT2D eigenvalue weighted by atomic mass is 9.96. The molecular weight excluding hydrogens is 330 g/mol. The molecule has 1 aromatic rings. The van der Waals surface area contributed by atoms with Crippen LogP contribution in [0.15, 0.2) is 24.3 Å². The van der Waals surface area contributed by atoms with Gasteiger partial charge in [0, 0.05) is 46.0 Å². The van der Waals surface area contributed by atoms with Crippen LogP contribution in [0.25, 0.3) is 0 Å². The van der Waals surface area contributed by atoms with Crippen LogP contribution in [0.3, 0.4) is 0 Å². The van der Waals surface area contributed by atoms with E-state index in [9.17, 15) is 9.59 Å². The second kappa shape index (κ2) is 9.46. The molecule has 2 amide bonds. The van der Waals surface area contributed by atoms with Gasteiger partial charge in [-0.1, -0.05) is 12.1 Å². The van der Waals surface area contributed by atoms with Gasteiger partial charge in [0.2, 0.25) is 5.91 Å². The van der Waals surface area contributed by atoms with E-state index < -0.39 is 0 Å². The third-order valence-electron chi connectivity index (χ3n) is 4.82. The SMILES string of the molecule is CCOC(=O)N1CCCC(C(=O)N(CC)Cc2ccc(N(C)C)cc2)C1. The van der Waals surface area contributed by atoms with Crippen molar-refractivity contribution < 1.29 is 14.3 Å². The van der Waals surface area contributed by atoms with Crippen LogP contribution in [-0.4, -0.2) is 62.1 Å². The van der Waals surface area contributed by atoms with Crippen molar-refractivity contribution in [2.45, 2.75) is 33.2 Å². The quantitative estimate of drug-likeness (QED) is 0.782. The largest absolute Gasteiger partial charge is 0.450 e. The third kappa shape index (κ3) is 5.13. The molecule has 1 saturated heterocycles. The standard InChI is InChI=1S/C20H31N3O3/c1-5-22(14-16-9-11-18(12-10-16)21(3)4)19(24)17-8-7-13-23(15-17)20(25)26-6-2/h9-12,17H,5-8,13-15H2,1-4H3. The maximum Gasteiger partial charge on any atom is 0.409 e. The highest BCUT2D eigenvalue weighted by Crippen LogP contribution is 2.21. The Morgan fingerprint density at radius 1 is 1.19 bits per heavy atom. The van der Waals surface area contributed by atoms with Crippen LogP contribution < -0.4 is 4.90 Å². The van der Waals surface area contributed by atoms with Gasteiger partial charge in [0.25, 0.3) is 0 Å². The van der Waals surface area contributed by atoms with E-state index in [1.54, 1.807) is 11.8 Å². The molecule has 1 heterocycles. The van der Waals surface area contributed by atoms with Crippen molar-refractivity contribution >= 4 is 17.7 Å². The average molecular weight is 361 g/mol. The number of likely N-dealkylation sites (tertiary alicyclic amines) is 1. The van der Waals surface area contributed by atoms with Gasteiger partial charge in [-0.2, -0.15) is 0 Å². The van der Waals surface area contributed by atoms with Gasteiger partial charge < -0.3 is 19.4 Å². The normalized spacial score (nSPS) is 16.9. The smallest absolute Gasteiger partial charge is 0.409 e. The first-order chi connectivity index (χ1) is 12.5. The molecule has 6 nitrogen and oxygen atoms in total. The highest BCUT2D eigenvalue weighted by Gasteiger charge is 2.31. The van der Waals surface area contributed by atoms with E-state index in [-0.39, 0.29) is 17.9 Å². The second-order valence-corrected chi connectivity index (χ2v) is 6.90. The number of hydrogen-bond acceptors (Lipinski definition) is 4. The summed E-state index contributed by atoms with van der Waals surface area (Å²) in [6.45, 7) is 6.53. The van der Waals surface area contributed by atoms with Crippen LogP contribution in [-0.2, 0) is 16.1 Å². The van der Waals surface area contributed by atoms with E-state index in [4.69, 9.17) is 4.74 Å². The van der Waals surface area contributed by atoms with Crippen LogP contribution in [0, 0.1) is 5.92 Å². The van der Waals surface area contributed by atoms with Gasteiger partial charge >= 0.3 is 6.09 Å². The lowest BCUT2D eigenvalue weighted by Crippen LogP contribution is -2.46. The number of rotatable bonds is 6. The van der Waals surface area contributed by atoms with Gasteiger partial charge in [-0.15, -0.1) is 0 Å². The molecule has 144 valence electrons. The van der Waals surface area contributed by atoms with Crippen LogP contribution in [0.5, 0.6) is 0 Å². The monoisotopic (exact) mass is 361 g/mol. The first kappa shape index (κ1) is 20.1. The van der Waals surface area contributed by atoms with E-state index in [0.717, 1.165) is 24.1 Å². The van der Waals surface area contributed by atoms with E-state index >= 15 is 0 Å². The summed E-state index contributed by atoms with van der Waals surface area (Å²) >= 11 is 0. The maximum absolute atomic E-state index is 13.0. The van der Waals surface area contributed by atoms with Gasteiger partial charge in [0.1, 0.15) is 0 Å². The Hall–Kier alpha value is -2.24. The lowest BCUT2D eigenvalue weighted by molar-refractivity contribution is -0.137. The summed E-state index contributed by atoms with van der Waals surface area (Å²) in [7, 11) is 4.02. The highest BCUT2D eigenvalue weighted by molar-refractivity contribution is 5.80. The highest BCUT2D eigenvalue weighted by atomic mass is 16.6. The molecule has 2 rings (SSSR count). The topological polar surface area (TPSA) is 53.1 Å². The minimum atomic E-state index is -0.313. The molecule has 0 bridgehead atoms. The number of piperidine rings is 1.